The van der Waals surface area contributed by atoms with Gasteiger partial charge in [0, 0.05) is 12.7 Å². The number of hydrogen-bond donors (Lipinski definition) is 7. The molecular formula is C38H58BN8O12-. The van der Waals surface area contributed by atoms with Crippen molar-refractivity contribution in [3.8, 4) is 0 Å². The molecule has 2 aliphatic rings. The Morgan fingerprint density at radius 2 is 1.27 bits per heavy atom. The molecule has 1 aromatic heterocycles. The molecule has 0 bridgehead atoms. The van der Waals surface area contributed by atoms with Crippen molar-refractivity contribution >= 4 is 47.6 Å². The highest BCUT2D eigenvalue weighted by Gasteiger charge is 2.56. The summed E-state index contributed by atoms with van der Waals surface area (Å²) in [4.78, 5) is 82.4. The van der Waals surface area contributed by atoms with Crippen LogP contribution in [0.25, 0.3) is 0 Å². The summed E-state index contributed by atoms with van der Waals surface area (Å²) in [5.74, 6) is -3.26. The number of hydrogen-bond acceptors (Lipinski definition) is 15. The maximum atomic E-state index is 13.8. The number of fused-ring (bicyclic) bond motifs is 1. The smallest absolute Gasteiger partial charge is 0.410 e. The van der Waals surface area contributed by atoms with Crippen LogP contribution in [0.3, 0.4) is 0 Å². The van der Waals surface area contributed by atoms with Crippen LogP contribution in [0.5, 0.6) is 0 Å². The highest BCUT2D eigenvalue weighted by atomic mass is 16.8. The first kappa shape index (κ1) is 46.8. The number of carbonyl (C=O) groups excluding carboxylic acids is 5. The number of esters is 1. The molecule has 2 fully saturated rings. The Balaban J connectivity index is 1.43. The second-order valence-corrected chi connectivity index (χ2v) is 17.4. The average molecular weight is 831 g/mol. The molecular weight excluding hydrogens is 772 g/mol. The van der Waals surface area contributed by atoms with Crippen molar-refractivity contribution in [3.05, 3.63) is 52.6 Å². The van der Waals surface area contributed by atoms with Gasteiger partial charge in [0.15, 0.2) is 6.23 Å². The quantitative estimate of drug-likeness (QED) is 0.0583. The van der Waals surface area contributed by atoms with E-state index in [0.29, 0.717) is 11.0 Å². The predicted molar refractivity (Wildman–Crippen MR) is 214 cm³/mol. The normalized spacial score (nSPS) is 23.1. The second-order valence-electron chi connectivity index (χ2n) is 17.4. The lowest BCUT2D eigenvalue weighted by molar-refractivity contribution is -0.150. The predicted octanol–water partition coefficient (Wildman–Crippen LogP) is -1.39. The largest absolute Gasteiger partial charge is 0.543 e. The molecule has 0 spiro atoms. The zero-order valence-corrected chi connectivity index (χ0v) is 35.7. The van der Waals surface area contributed by atoms with E-state index in [4.69, 9.17) is 29.2 Å². The number of nitrogens with two attached hydrogens (primary N) is 1. The Bertz CT molecular complexity index is 2000. The fourth-order valence-corrected chi connectivity index (χ4v) is 6.51. The lowest BCUT2D eigenvalue weighted by Crippen LogP contribution is -2.68. The van der Waals surface area contributed by atoms with Crippen LogP contribution in [0.1, 0.15) is 81.0 Å². The molecule has 2 aromatic rings. The SMILES string of the molecule is COC(=O)[C@@](C)([13CH3])NC(=O)C(C)(C)NC(=O)C(C)(C)NC(=O)C(C)(C)NC(=O)C(C)(C)NCc1ccccc1[B@-]1(OC)O[C@@H]2[C@H](O1)[C@@H](CO)O[C@H]2n1ccc(N)nc1=O. The first-order valence-electron chi connectivity index (χ1n) is 19.0. The van der Waals surface area contributed by atoms with E-state index in [9.17, 15) is 33.9 Å². The van der Waals surface area contributed by atoms with Crippen molar-refractivity contribution < 1.29 is 52.5 Å². The highest BCUT2D eigenvalue weighted by Crippen LogP contribution is 2.41. The maximum absolute atomic E-state index is 13.8. The van der Waals surface area contributed by atoms with E-state index in [-0.39, 0.29) is 12.4 Å². The molecule has 2 aliphatic heterocycles. The molecule has 326 valence electrons. The molecule has 0 radical (unpaired) electrons. The number of anilines is 1. The number of nitrogens with one attached hydrogen (secondary N) is 5. The lowest BCUT2D eigenvalue weighted by atomic mass is 9.67. The molecule has 4 rings (SSSR count). The summed E-state index contributed by atoms with van der Waals surface area (Å²) in [6, 6.07) is 8.52. The summed E-state index contributed by atoms with van der Waals surface area (Å²) < 4.78 is 30.7. The van der Waals surface area contributed by atoms with Crippen LogP contribution in [-0.2, 0) is 54.0 Å². The molecule has 0 saturated carbocycles. The van der Waals surface area contributed by atoms with E-state index in [2.05, 4.69) is 31.6 Å². The number of methoxy groups -OCH3 is 1. The Morgan fingerprint density at radius 3 is 1.76 bits per heavy atom. The number of amides is 4. The van der Waals surface area contributed by atoms with Crippen LogP contribution in [0.4, 0.5) is 5.82 Å². The van der Waals surface area contributed by atoms with Crippen molar-refractivity contribution in [2.45, 2.75) is 128 Å². The first-order valence-corrected chi connectivity index (χ1v) is 19.0. The van der Waals surface area contributed by atoms with Gasteiger partial charge in [-0.3, -0.25) is 29.1 Å². The molecule has 8 N–H and O–H groups in total. The van der Waals surface area contributed by atoms with Crippen LogP contribution in [0.15, 0.2) is 41.3 Å². The number of aliphatic hydroxyl groups is 1. The van der Waals surface area contributed by atoms with Crippen molar-refractivity contribution in [1.29, 1.82) is 0 Å². The molecule has 2 saturated heterocycles. The fourth-order valence-electron chi connectivity index (χ4n) is 6.51. The van der Waals surface area contributed by atoms with E-state index in [1.807, 2.05) is 0 Å². The Morgan fingerprint density at radius 1 is 0.780 bits per heavy atom. The number of rotatable bonds is 16. The third-order valence-corrected chi connectivity index (χ3v) is 10.4. The van der Waals surface area contributed by atoms with Gasteiger partial charge in [-0.1, -0.05) is 29.8 Å². The number of ether oxygens (including phenoxy) is 2. The topological polar surface area (TPSA) is 273 Å². The van der Waals surface area contributed by atoms with Crippen molar-refractivity contribution in [3.63, 3.8) is 0 Å². The Labute approximate surface area is 343 Å². The Kier molecular flexibility index (Phi) is 13.5. The third kappa shape index (κ3) is 9.93. The molecule has 3 heterocycles. The van der Waals surface area contributed by atoms with Crippen LogP contribution in [0.2, 0.25) is 0 Å². The first-order chi connectivity index (χ1) is 27.2. The van der Waals surface area contributed by atoms with Crippen LogP contribution < -0.4 is 43.5 Å². The summed E-state index contributed by atoms with van der Waals surface area (Å²) in [6.45, 7) is 11.9. The van der Waals surface area contributed by atoms with Gasteiger partial charge in [-0.05, 0) is 82.4 Å². The van der Waals surface area contributed by atoms with Gasteiger partial charge in [0.2, 0.25) is 23.6 Å². The van der Waals surface area contributed by atoms with Crippen LogP contribution in [0, 0.1) is 0 Å². The summed E-state index contributed by atoms with van der Waals surface area (Å²) in [7, 11) is 2.60. The van der Waals surface area contributed by atoms with Gasteiger partial charge < -0.3 is 55.5 Å². The standard InChI is InChI=1S/C38H58BN8O12/c1-34(2,28(49)43-35(3,4)29(50)44-36(5,6)30(51)45-37(7,8)31(52)46-38(9,10)32(53)55-11)41-19-21-15-13-14-16-22(21)39(56-12)58-25-23(20-48)57-27(26(25)59-39)47-18-17-24(40)42-33(47)54/h13-18,23,25-27,41,48H,19-20H2,1-12H3,(H,43,49)(H,44,50)(H,45,51)(H,46,52)(H2,40,42,54)/q-1/t23-,25-,26-,27-,39-/m1/s1/i9+1/t23-,25-,26-,27-,38+,39-. The minimum atomic E-state index is -2.68. The molecule has 0 aliphatic carbocycles. The van der Waals surface area contributed by atoms with Gasteiger partial charge in [0.1, 0.15) is 34.1 Å². The zero-order valence-electron chi connectivity index (χ0n) is 35.7. The fraction of sp³-hybridized carbons (Fsp3) is 0.605. The Hall–Kier alpha value is -4.93. The number of aliphatic hydroxyl groups excluding tert-OH is 1. The number of nitrogens with zero attached hydrogens (tertiary/aromatic N) is 2. The van der Waals surface area contributed by atoms with E-state index >= 15 is 0 Å². The van der Waals surface area contributed by atoms with Gasteiger partial charge in [-0.15, -0.1) is 5.46 Å². The number of carbonyl (C=O) groups is 5. The molecule has 0 unspecified atom stereocenters. The van der Waals surface area contributed by atoms with Gasteiger partial charge in [-0.25, -0.2) is 9.59 Å². The van der Waals surface area contributed by atoms with Crippen molar-refractivity contribution in [2.75, 3.05) is 26.6 Å². The van der Waals surface area contributed by atoms with Crippen LogP contribution >= 0.6 is 0 Å². The number of nitrogen functional groups attached to an aromatic ring is 1. The van der Waals surface area contributed by atoms with E-state index < -0.39 is 101 Å². The van der Waals surface area contributed by atoms with Gasteiger partial charge in [-0.2, -0.15) is 4.98 Å². The van der Waals surface area contributed by atoms with Crippen molar-refractivity contribution in [1.82, 2.24) is 36.1 Å². The van der Waals surface area contributed by atoms with Gasteiger partial charge in [0.05, 0.1) is 31.5 Å². The minimum absolute atomic E-state index is 0.0284. The zero-order chi connectivity index (χ0) is 44.5. The second kappa shape index (κ2) is 17.0. The number of benzene rings is 1. The van der Waals surface area contributed by atoms with Crippen LogP contribution in [-0.4, -0.2) is 118 Å². The lowest BCUT2D eigenvalue weighted by Gasteiger charge is -2.39. The molecule has 20 nitrogen and oxygen atoms in total. The van der Waals surface area contributed by atoms with E-state index in [1.165, 1.54) is 86.4 Å². The third-order valence-electron chi connectivity index (χ3n) is 10.4. The summed E-state index contributed by atoms with van der Waals surface area (Å²) in [5.41, 5.74) is -1.10. The summed E-state index contributed by atoms with van der Waals surface area (Å²) >= 11 is 0. The van der Waals surface area contributed by atoms with Gasteiger partial charge >= 0.3 is 18.4 Å². The molecule has 6 atom stereocenters. The summed E-state index contributed by atoms with van der Waals surface area (Å²) in [5, 5.41) is 24.0. The molecule has 4 amide bonds. The van der Waals surface area contributed by atoms with Crippen molar-refractivity contribution in [2.24, 2.45) is 0 Å². The molecule has 59 heavy (non-hydrogen) atoms. The average Bonchev–Trinajstić information content (AvgIpc) is 3.69. The molecule has 21 heteroatoms. The highest BCUT2D eigenvalue weighted by molar-refractivity contribution is 6.76. The molecule has 1 aromatic carbocycles. The van der Waals surface area contributed by atoms with E-state index in [0.717, 1.165) is 0 Å². The minimum Gasteiger partial charge on any atom is -0.543 e. The maximum Gasteiger partial charge on any atom is 0.410 e. The van der Waals surface area contributed by atoms with E-state index in [1.54, 1.807) is 38.1 Å². The monoisotopic (exact) mass is 830 g/mol. The number of aromatic nitrogens is 2. The summed E-state index contributed by atoms with van der Waals surface area (Å²) in [6.07, 6.45) is -2.19. The van der Waals surface area contributed by atoms with Gasteiger partial charge in [0.25, 0.3) is 0 Å².